The molecule has 0 aliphatic heterocycles. The van der Waals surface area contributed by atoms with Gasteiger partial charge in [0.05, 0.1) is 6.61 Å². The number of unbranched alkanes of at least 4 members (excludes halogenated alkanes) is 4. The zero-order chi connectivity index (χ0) is 12.8. The lowest BCUT2D eigenvalue weighted by molar-refractivity contribution is -0.141. The topological polar surface area (TPSA) is 26.3 Å². The van der Waals surface area contributed by atoms with Crippen LogP contribution in [-0.2, 0) is 9.53 Å². The predicted molar refractivity (Wildman–Crippen MR) is 72.8 cm³/mol. The van der Waals surface area contributed by atoms with Crippen LogP contribution in [0, 0.1) is 0 Å². The van der Waals surface area contributed by atoms with Crippen LogP contribution in [0.1, 0.15) is 46.0 Å². The number of carbonyl (C=O) groups excluding carboxylic acids is 1. The summed E-state index contributed by atoms with van der Waals surface area (Å²) in [5.41, 5.74) is 0. The van der Waals surface area contributed by atoms with Crippen LogP contribution in [0.25, 0.3) is 0 Å². The van der Waals surface area contributed by atoms with Crippen molar-refractivity contribution in [3.8, 4) is 0 Å². The molecule has 0 unspecified atom stereocenters. The van der Waals surface area contributed by atoms with Gasteiger partial charge in [0.25, 0.3) is 0 Å². The van der Waals surface area contributed by atoms with Gasteiger partial charge < -0.3 is 4.74 Å². The zero-order valence-electron chi connectivity index (χ0n) is 11.0. The van der Waals surface area contributed by atoms with E-state index in [1.165, 1.54) is 19.8 Å². The van der Waals surface area contributed by atoms with Crippen molar-refractivity contribution in [2.24, 2.45) is 0 Å². The fourth-order valence-corrected chi connectivity index (χ4v) is 1.35. The molecule has 0 amide bonds. The number of ether oxygens (including phenoxy) is 1. The Labute approximate surface area is 105 Å². The summed E-state index contributed by atoms with van der Waals surface area (Å²) in [6.07, 6.45) is 18.0. The lowest BCUT2D eigenvalue weighted by Crippen LogP contribution is -1.99. The molecule has 0 bridgehead atoms. The van der Waals surface area contributed by atoms with E-state index in [0.29, 0.717) is 6.61 Å². The molecule has 17 heavy (non-hydrogen) atoms. The molecule has 0 saturated heterocycles. The molecular weight excluding hydrogens is 212 g/mol. The van der Waals surface area contributed by atoms with Crippen molar-refractivity contribution in [1.82, 2.24) is 0 Å². The highest BCUT2D eigenvalue weighted by molar-refractivity contribution is 5.65. The van der Waals surface area contributed by atoms with Gasteiger partial charge in [0, 0.05) is 6.92 Å². The van der Waals surface area contributed by atoms with Gasteiger partial charge in [0.2, 0.25) is 0 Å². The fourth-order valence-electron chi connectivity index (χ4n) is 1.35. The average Bonchev–Trinajstić information content (AvgIpc) is 2.30. The lowest BCUT2D eigenvalue weighted by atomic mass is 10.1. The highest BCUT2D eigenvalue weighted by Crippen LogP contribution is 2.04. The smallest absolute Gasteiger partial charge is 0.302 e. The standard InChI is InChI=1S/C15H24O2/c1-3-4-5-6-7-8-9-10-11-12-13-14-17-15(2)16/h3-8H,9-14H2,1-2H3. The minimum atomic E-state index is -0.180. The van der Waals surface area contributed by atoms with Gasteiger partial charge in [0.15, 0.2) is 0 Å². The molecule has 0 saturated carbocycles. The van der Waals surface area contributed by atoms with Crippen LogP contribution in [0.3, 0.4) is 0 Å². The average molecular weight is 236 g/mol. The maximum absolute atomic E-state index is 10.5. The molecule has 0 N–H and O–H groups in total. The van der Waals surface area contributed by atoms with E-state index < -0.39 is 0 Å². The highest BCUT2D eigenvalue weighted by Gasteiger charge is 1.92. The van der Waals surface area contributed by atoms with E-state index in [9.17, 15) is 4.79 Å². The molecule has 0 aromatic heterocycles. The Hall–Kier alpha value is -1.31. The molecule has 0 aromatic rings. The van der Waals surface area contributed by atoms with Crippen LogP contribution in [0.4, 0.5) is 0 Å². The molecule has 2 nitrogen and oxygen atoms in total. The maximum Gasteiger partial charge on any atom is 0.302 e. The van der Waals surface area contributed by atoms with Crippen molar-refractivity contribution in [1.29, 1.82) is 0 Å². The molecule has 0 heterocycles. The minimum Gasteiger partial charge on any atom is -0.466 e. The van der Waals surface area contributed by atoms with Gasteiger partial charge in [-0.2, -0.15) is 0 Å². The van der Waals surface area contributed by atoms with Crippen molar-refractivity contribution < 1.29 is 9.53 Å². The van der Waals surface area contributed by atoms with Gasteiger partial charge in [-0.1, -0.05) is 49.3 Å². The van der Waals surface area contributed by atoms with E-state index in [-0.39, 0.29) is 5.97 Å². The number of hydrogen-bond acceptors (Lipinski definition) is 2. The number of esters is 1. The Kier molecular flexibility index (Phi) is 11.8. The van der Waals surface area contributed by atoms with E-state index in [4.69, 9.17) is 4.74 Å². The Morgan fingerprint density at radius 2 is 1.71 bits per heavy atom. The first-order valence-electron chi connectivity index (χ1n) is 6.35. The Morgan fingerprint density at radius 3 is 2.41 bits per heavy atom. The predicted octanol–water partition coefficient (Wildman–Crippen LogP) is 4.19. The first-order chi connectivity index (χ1) is 8.27. The number of rotatable bonds is 9. The third kappa shape index (κ3) is 14.7. The minimum absolute atomic E-state index is 0.180. The fraction of sp³-hybridized carbons (Fsp3) is 0.533. The van der Waals surface area contributed by atoms with Crippen molar-refractivity contribution in [2.75, 3.05) is 6.61 Å². The molecule has 0 radical (unpaired) electrons. The molecule has 0 aromatic carbocycles. The van der Waals surface area contributed by atoms with Crippen LogP contribution in [-0.4, -0.2) is 12.6 Å². The molecule has 0 fully saturated rings. The van der Waals surface area contributed by atoms with Crippen molar-refractivity contribution in [2.45, 2.75) is 46.0 Å². The molecule has 0 rings (SSSR count). The summed E-state index contributed by atoms with van der Waals surface area (Å²) >= 11 is 0. The number of hydrogen-bond donors (Lipinski definition) is 0. The largest absolute Gasteiger partial charge is 0.466 e. The summed E-state index contributed by atoms with van der Waals surface area (Å²) in [5, 5.41) is 0. The Balaban J connectivity index is 3.20. The summed E-state index contributed by atoms with van der Waals surface area (Å²) in [6, 6.07) is 0. The first kappa shape index (κ1) is 15.7. The summed E-state index contributed by atoms with van der Waals surface area (Å²) < 4.78 is 4.86. The Morgan fingerprint density at radius 1 is 1.00 bits per heavy atom. The van der Waals surface area contributed by atoms with Crippen LogP contribution in [0.15, 0.2) is 36.5 Å². The van der Waals surface area contributed by atoms with E-state index in [1.807, 2.05) is 31.2 Å². The van der Waals surface area contributed by atoms with Crippen molar-refractivity contribution >= 4 is 5.97 Å². The van der Waals surface area contributed by atoms with Gasteiger partial charge in [-0.05, 0) is 26.2 Å². The SMILES string of the molecule is CC=CC=CC=CCCCCCCOC(C)=O. The quantitative estimate of drug-likeness (QED) is 0.341. The normalized spacial score (nSPS) is 11.9. The zero-order valence-corrected chi connectivity index (χ0v) is 11.0. The van der Waals surface area contributed by atoms with Crippen LogP contribution < -0.4 is 0 Å². The van der Waals surface area contributed by atoms with Crippen molar-refractivity contribution in [3.05, 3.63) is 36.5 Å². The second-order valence-corrected chi connectivity index (χ2v) is 3.88. The van der Waals surface area contributed by atoms with Gasteiger partial charge in [-0.15, -0.1) is 0 Å². The van der Waals surface area contributed by atoms with Crippen molar-refractivity contribution in [3.63, 3.8) is 0 Å². The van der Waals surface area contributed by atoms with Gasteiger partial charge >= 0.3 is 5.97 Å². The second kappa shape index (κ2) is 12.8. The summed E-state index contributed by atoms with van der Waals surface area (Å²) in [6.45, 7) is 4.02. The third-order valence-corrected chi connectivity index (χ3v) is 2.23. The number of carbonyl (C=O) groups is 1. The molecule has 2 heteroatoms. The lowest BCUT2D eigenvalue weighted by Gasteiger charge is -2.00. The second-order valence-electron chi connectivity index (χ2n) is 3.88. The first-order valence-corrected chi connectivity index (χ1v) is 6.35. The molecule has 96 valence electrons. The van der Waals surface area contributed by atoms with Gasteiger partial charge in [0.1, 0.15) is 0 Å². The molecule has 0 aliphatic carbocycles. The third-order valence-electron chi connectivity index (χ3n) is 2.23. The summed E-state index contributed by atoms with van der Waals surface area (Å²) in [7, 11) is 0. The maximum atomic E-state index is 10.5. The van der Waals surface area contributed by atoms with Crippen LogP contribution in [0.5, 0.6) is 0 Å². The van der Waals surface area contributed by atoms with Gasteiger partial charge in [-0.25, -0.2) is 0 Å². The van der Waals surface area contributed by atoms with E-state index in [1.54, 1.807) is 0 Å². The van der Waals surface area contributed by atoms with E-state index in [2.05, 4.69) is 12.2 Å². The summed E-state index contributed by atoms with van der Waals surface area (Å²) in [4.78, 5) is 10.5. The molecule has 0 aliphatic rings. The van der Waals surface area contributed by atoms with Crippen LogP contribution >= 0.6 is 0 Å². The highest BCUT2D eigenvalue weighted by atomic mass is 16.5. The Bertz CT molecular complexity index is 262. The van der Waals surface area contributed by atoms with E-state index in [0.717, 1.165) is 19.3 Å². The van der Waals surface area contributed by atoms with Crippen LogP contribution in [0.2, 0.25) is 0 Å². The van der Waals surface area contributed by atoms with Gasteiger partial charge in [-0.3, -0.25) is 4.79 Å². The van der Waals surface area contributed by atoms with E-state index >= 15 is 0 Å². The molecule has 0 atom stereocenters. The summed E-state index contributed by atoms with van der Waals surface area (Å²) in [5.74, 6) is -0.180. The molecule has 0 spiro atoms. The monoisotopic (exact) mass is 236 g/mol. The molecular formula is C15H24O2. The number of allylic oxidation sites excluding steroid dienone is 6.